The fraction of sp³-hybridized carbons (Fsp3) is 0.100. The molecule has 3 aromatic rings. The van der Waals surface area contributed by atoms with Gasteiger partial charge in [-0.15, -0.1) is 0 Å². The van der Waals surface area contributed by atoms with Crippen LogP contribution in [0.25, 0.3) is 34.2 Å². The van der Waals surface area contributed by atoms with E-state index in [1.807, 2.05) is 12.2 Å². The van der Waals surface area contributed by atoms with Crippen LogP contribution in [0.4, 0.5) is 0 Å². The van der Waals surface area contributed by atoms with Crippen LogP contribution in [0.1, 0.15) is 22.8 Å². The summed E-state index contributed by atoms with van der Waals surface area (Å²) in [5.41, 5.74) is 8.40. The first-order valence-corrected chi connectivity index (χ1v) is 8.80. The van der Waals surface area contributed by atoms with Crippen LogP contribution in [-0.2, 0) is 12.8 Å². The minimum absolute atomic E-state index is 0.953. The largest absolute Gasteiger partial charge is 0.355 e. The Bertz CT molecular complexity index is 1040. The second kappa shape index (κ2) is 7.15. The Morgan fingerprint density at radius 1 is 0.654 bits per heavy atom. The summed E-state index contributed by atoms with van der Waals surface area (Å²) in [6, 6.07) is 16.7. The van der Waals surface area contributed by atoms with Crippen LogP contribution in [0, 0.1) is 0 Å². The van der Waals surface area contributed by atoms with Gasteiger partial charge in [-0.1, -0.05) is 0 Å². The lowest BCUT2D eigenvalue weighted by Crippen LogP contribution is -1.77. The molecule has 5 rings (SSSR count). The fourth-order valence-corrected chi connectivity index (χ4v) is 3.19. The number of aryl methyl sites for hydroxylation is 2. The van der Waals surface area contributed by atoms with Crippen molar-refractivity contribution in [3.8, 4) is 0 Å². The van der Waals surface area contributed by atoms with Crippen LogP contribution < -0.4 is 5.25 Å². The van der Waals surface area contributed by atoms with Crippen molar-refractivity contribution in [3.63, 3.8) is 0 Å². The van der Waals surface area contributed by atoms with E-state index in [0.717, 1.165) is 57.7 Å². The van der Waals surface area contributed by atoms with E-state index in [9.17, 15) is 0 Å². The molecule has 0 spiro atoms. The zero-order valence-corrected chi connectivity index (χ0v) is 14.8. The number of nitrogens with one attached hydrogen (secondary N) is 2. The summed E-state index contributed by atoms with van der Waals surface area (Å²) >= 11 is 4.14. The van der Waals surface area contributed by atoms with Crippen LogP contribution in [0.15, 0.2) is 48.5 Å². The molecular weight excluding hydrogens is 346 g/mol. The number of hydrogen-bond acceptors (Lipinski definition) is 3. The molecule has 0 saturated carbocycles. The Morgan fingerprint density at radius 3 is 1.54 bits per heavy atom. The van der Waals surface area contributed by atoms with Gasteiger partial charge >= 0.3 is 0 Å². The Labute approximate surface area is 155 Å². The van der Waals surface area contributed by atoms with E-state index in [2.05, 4.69) is 80.5 Å². The second-order valence-corrected chi connectivity index (χ2v) is 6.20. The van der Waals surface area contributed by atoms with Crippen LogP contribution >= 0.6 is 11.8 Å². The number of nitrogens with zero attached hydrogens (tertiary/aromatic N) is 2. The average Bonchev–Trinajstić information content (AvgIpc) is 3.42. The van der Waals surface area contributed by atoms with Crippen molar-refractivity contribution in [3.05, 3.63) is 71.3 Å². The summed E-state index contributed by atoms with van der Waals surface area (Å²) in [4.78, 5) is 16.2. The topological polar surface area (TPSA) is 83.4 Å². The summed E-state index contributed by atoms with van der Waals surface area (Å²) in [7, 11) is 0. The van der Waals surface area contributed by atoms with Gasteiger partial charge in [-0.25, -0.2) is 10.2 Å². The van der Waals surface area contributed by atoms with E-state index in [1.54, 1.807) is 0 Å². The fourth-order valence-electron chi connectivity index (χ4n) is 3.19. The molecule has 0 aromatic carbocycles. The van der Waals surface area contributed by atoms with E-state index in [4.69, 9.17) is 4.98 Å². The first kappa shape index (κ1) is 16.6. The molecule has 5 nitrogen and oxygen atoms in total. The van der Waals surface area contributed by atoms with Crippen molar-refractivity contribution >= 4 is 46.0 Å². The number of rotatable bonds is 0. The van der Waals surface area contributed by atoms with Crippen molar-refractivity contribution in [2.75, 3.05) is 0 Å². The third-order valence-corrected chi connectivity index (χ3v) is 4.32. The molecule has 2 aliphatic rings. The highest BCUT2D eigenvalue weighted by atomic mass is 35.5. The van der Waals surface area contributed by atoms with E-state index in [1.165, 1.54) is 0 Å². The number of nitrogens with two attached hydrogens (primary N) is 1. The highest BCUT2D eigenvalue weighted by Crippen LogP contribution is 2.16. The second-order valence-electron chi connectivity index (χ2n) is 6.20. The predicted molar refractivity (Wildman–Crippen MR) is 107 cm³/mol. The first-order valence-electron chi connectivity index (χ1n) is 8.36. The molecule has 5 heterocycles. The van der Waals surface area contributed by atoms with E-state index >= 15 is 0 Å². The molecule has 0 atom stereocenters. The van der Waals surface area contributed by atoms with Gasteiger partial charge in [0.1, 0.15) is 0 Å². The summed E-state index contributed by atoms with van der Waals surface area (Å²) in [5, 5.41) is 3.97. The van der Waals surface area contributed by atoms with Gasteiger partial charge in [0.15, 0.2) is 0 Å². The first-order chi connectivity index (χ1) is 12.8. The smallest absolute Gasteiger partial charge is 0.0658 e. The minimum Gasteiger partial charge on any atom is -0.355 e. The standard InChI is InChI=1S/C20H16N4.ClH2N/c1-2-14-10-16-5-6-18(23-16)12-20-8-7-19(24-20)11-17-4-3-15(22-17)9-13(1)21-14;1-2/h1-6,9-12,22-23H,7-8H2;2H2. The molecule has 0 fully saturated rings. The molecule has 2 aliphatic heterocycles. The monoisotopic (exact) mass is 363 g/mol. The summed E-state index contributed by atoms with van der Waals surface area (Å²) < 4.78 is 0. The van der Waals surface area contributed by atoms with E-state index in [-0.39, 0.29) is 0 Å². The highest BCUT2D eigenvalue weighted by molar-refractivity contribution is 6.11. The lowest BCUT2D eigenvalue weighted by Gasteiger charge is -1.85. The van der Waals surface area contributed by atoms with Crippen molar-refractivity contribution in [2.45, 2.75) is 12.8 Å². The Balaban J connectivity index is 0.000000814. The quantitative estimate of drug-likeness (QED) is 0.406. The zero-order valence-electron chi connectivity index (χ0n) is 14.0. The molecule has 6 heteroatoms. The summed E-state index contributed by atoms with van der Waals surface area (Å²) in [6.07, 6.45) is 6.03. The van der Waals surface area contributed by atoms with Crippen LogP contribution in [0.5, 0.6) is 0 Å². The Hall–Kier alpha value is -2.89. The van der Waals surface area contributed by atoms with Gasteiger partial charge in [0.05, 0.1) is 11.4 Å². The molecule has 3 aromatic heterocycles. The number of H-pyrrole nitrogens is 2. The molecule has 130 valence electrons. The molecule has 0 amide bonds. The van der Waals surface area contributed by atoms with E-state index < -0.39 is 0 Å². The number of aromatic nitrogens is 4. The van der Waals surface area contributed by atoms with Crippen molar-refractivity contribution in [1.29, 1.82) is 0 Å². The maximum atomic E-state index is 4.75. The summed E-state index contributed by atoms with van der Waals surface area (Å²) in [5.74, 6) is 0. The molecule has 8 bridgehead atoms. The van der Waals surface area contributed by atoms with Gasteiger partial charge in [-0.05, 0) is 85.3 Å². The number of fused-ring (bicyclic) bond motifs is 8. The van der Waals surface area contributed by atoms with E-state index in [0.29, 0.717) is 0 Å². The van der Waals surface area contributed by atoms with Crippen LogP contribution in [0.2, 0.25) is 0 Å². The van der Waals surface area contributed by atoms with Crippen LogP contribution in [-0.4, -0.2) is 19.9 Å². The van der Waals surface area contributed by atoms with Gasteiger partial charge in [0, 0.05) is 33.5 Å². The van der Waals surface area contributed by atoms with Crippen LogP contribution in [0.3, 0.4) is 0 Å². The molecule has 0 saturated heterocycles. The molecular formula is C20H18ClN5. The van der Waals surface area contributed by atoms with Crippen molar-refractivity contribution in [1.82, 2.24) is 19.9 Å². The van der Waals surface area contributed by atoms with Crippen molar-refractivity contribution in [2.24, 2.45) is 5.25 Å². The SMILES string of the molecule is C1=Cc2cc3ccc(cc4nc(cc5ccc(cc1n2)[nH]5)CC4)[nH]3.NCl. The van der Waals surface area contributed by atoms with Gasteiger partial charge in [0.2, 0.25) is 0 Å². The number of halogens is 1. The molecule has 26 heavy (non-hydrogen) atoms. The summed E-state index contributed by atoms with van der Waals surface area (Å²) in [6.45, 7) is 0. The average molecular weight is 364 g/mol. The predicted octanol–water partition coefficient (Wildman–Crippen LogP) is 4.37. The number of hydrogen-bond donors (Lipinski definition) is 3. The Morgan fingerprint density at radius 2 is 1.08 bits per heavy atom. The van der Waals surface area contributed by atoms with Gasteiger partial charge < -0.3 is 9.97 Å². The molecule has 0 radical (unpaired) electrons. The maximum Gasteiger partial charge on any atom is 0.0658 e. The normalized spacial score (nSPS) is 12.5. The number of aromatic amines is 2. The molecule has 0 unspecified atom stereocenters. The molecule has 4 N–H and O–H groups in total. The van der Waals surface area contributed by atoms with Gasteiger partial charge in [-0.2, -0.15) is 0 Å². The third kappa shape index (κ3) is 3.54. The van der Waals surface area contributed by atoms with Gasteiger partial charge in [0.25, 0.3) is 0 Å². The van der Waals surface area contributed by atoms with Crippen molar-refractivity contribution < 1.29 is 0 Å². The Kier molecular flexibility index (Phi) is 4.56. The minimum atomic E-state index is 0.953. The zero-order chi connectivity index (χ0) is 17.9. The maximum absolute atomic E-state index is 4.75. The lowest BCUT2D eigenvalue weighted by molar-refractivity contribution is 1.03. The lowest BCUT2D eigenvalue weighted by atomic mass is 10.2. The van der Waals surface area contributed by atoms with Gasteiger partial charge in [-0.3, -0.25) is 4.98 Å². The third-order valence-electron chi connectivity index (χ3n) is 4.32. The highest BCUT2D eigenvalue weighted by Gasteiger charge is 2.05. The molecule has 0 aliphatic carbocycles.